The second-order valence-electron chi connectivity index (χ2n) is 8.77. The van der Waals surface area contributed by atoms with Crippen molar-refractivity contribution in [2.45, 2.75) is 6.42 Å². The molecule has 7 nitrogen and oxygen atoms in total. The first-order valence-corrected chi connectivity index (χ1v) is 11.2. The van der Waals surface area contributed by atoms with Gasteiger partial charge in [0.2, 0.25) is 0 Å². The number of rotatable bonds is 5. The number of likely N-dealkylation sites (N-methyl/N-ethyl adjacent to an activating group) is 1. The molecule has 1 fully saturated rings. The van der Waals surface area contributed by atoms with Gasteiger partial charge in [-0.25, -0.2) is 4.98 Å². The maximum absolute atomic E-state index is 13.1. The van der Waals surface area contributed by atoms with Gasteiger partial charge in [-0.1, -0.05) is 6.07 Å². The summed E-state index contributed by atoms with van der Waals surface area (Å²) in [5.74, 6) is 0.837. The SMILES string of the molecule is CN1CCN(c2ccc3cc(C(=O)Cc4cc(-c5nccn5C)ccc4N)cnc3c2)CC1. The predicted octanol–water partition coefficient (Wildman–Crippen LogP) is 3.39. The number of pyridine rings is 1. The molecule has 1 saturated heterocycles. The van der Waals surface area contributed by atoms with Gasteiger partial charge in [-0.3, -0.25) is 9.78 Å². The van der Waals surface area contributed by atoms with E-state index in [1.165, 1.54) is 5.69 Å². The Morgan fingerprint density at radius 1 is 1.00 bits per heavy atom. The normalized spacial score (nSPS) is 14.7. The third-order valence-electron chi connectivity index (χ3n) is 6.43. The summed E-state index contributed by atoms with van der Waals surface area (Å²) in [6, 6.07) is 13.9. The molecule has 0 atom stereocenters. The molecule has 7 heteroatoms. The Morgan fingerprint density at radius 2 is 1.82 bits per heavy atom. The van der Waals surface area contributed by atoms with Gasteiger partial charge in [-0.2, -0.15) is 0 Å². The Labute approximate surface area is 193 Å². The number of piperazine rings is 1. The van der Waals surface area contributed by atoms with Crippen molar-refractivity contribution in [1.29, 1.82) is 0 Å². The van der Waals surface area contributed by atoms with Crippen LogP contribution in [0, 0.1) is 0 Å². The molecular weight excluding hydrogens is 412 g/mol. The highest BCUT2D eigenvalue weighted by atomic mass is 16.1. The molecule has 2 aromatic heterocycles. The largest absolute Gasteiger partial charge is 0.398 e. The van der Waals surface area contributed by atoms with Crippen molar-refractivity contribution in [3.63, 3.8) is 0 Å². The average molecular weight is 441 g/mol. The number of nitrogens with two attached hydrogens (primary N) is 1. The van der Waals surface area contributed by atoms with E-state index >= 15 is 0 Å². The Bertz CT molecular complexity index is 1320. The van der Waals surface area contributed by atoms with Crippen LogP contribution in [0.2, 0.25) is 0 Å². The Hall–Kier alpha value is -3.71. The summed E-state index contributed by atoms with van der Waals surface area (Å²) in [6.07, 6.45) is 5.55. The predicted molar refractivity (Wildman–Crippen MR) is 133 cm³/mol. The van der Waals surface area contributed by atoms with Gasteiger partial charge in [0.15, 0.2) is 5.78 Å². The fourth-order valence-corrected chi connectivity index (χ4v) is 4.34. The molecule has 0 amide bonds. The van der Waals surface area contributed by atoms with Crippen LogP contribution in [-0.4, -0.2) is 58.4 Å². The molecule has 0 aliphatic carbocycles. The lowest BCUT2D eigenvalue weighted by atomic mass is 9.99. The number of fused-ring (bicyclic) bond motifs is 1. The summed E-state index contributed by atoms with van der Waals surface area (Å²) >= 11 is 0. The van der Waals surface area contributed by atoms with E-state index in [4.69, 9.17) is 5.73 Å². The molecule has 33 heavy (non-hydrogen) atoms. The monoisotopic (exact) mass is 440 g/mol. The van der Waals surface area contributed by atoms with Crippen molar-refractivity contribution < 1.29 is 4.79 Å². The zero-order chi connectivity index (χ0) is 22.9. The molecular formula is C26H28N6O. The Balaban J connectivity index is 1.36. The van der Waals surface area contributed by atoms with Crippen molar-refractivity contribution in [2.24, 2.45) is 7.05 Å². The fourth-order valence-electron chi connectivity index (χ4n) is 4.34. The summed E-state index contributed by atoms with van der Waals surface area (Å²) in [7, 11) is 4.10. The molecule has 2 N–H and O–H groups in total. The third-order valence-corrected chi connectivity index (χ3v) is 6.43. The first-order chi connectivity index (χ1) is 16.0. The molecule has 0 saturated carbocycles. The van der Waals surface area contributed by atoms with Crippen LogP contribution in [0.15, 0.2) is 61.1 Å². The van der Waals surface area contributed by atoms with Crippen molar-refractivity contribution in [3.8, 4) is 11.4 Å². The molecule has 4 aromatic rings. The molecule has 0 bridgehead atoms. The highest BCUT2D eigenvalue weighted by Gasteiger charge is 2.16. The van der Waals surface area contributed by atoms with Gasteiger partial charge in [0, 0.05) is 86.1 Å². The van der Waals surface area contributed by atoms with Crippen molar-refractivity contribution in [3.05, 3.63) is 72.2 Å². The van der Waals surface area contributed by atoms with E-state index in [0.29, 0.717) is 11.3 Å². The molecule has 2 aromatic carbocycles. The van der Waals surface area contributed by atoms with Gasteiger partial charge in [0.05, 0.1) is 5.52 Å². The van der Waals surface area contributed by atoms with E-state index in [1.54, 1.807) is 12.4 Å². The zero-order valence-corrected chi connectivity index (χ0v) is 19.0. The van der Waals surface area contributed by atoms with Gasteiger partial charge >= 0.3 is 0 Å². The lowest BCUT2D eigenvalue weighted by molar-refractivity contribution is 0.0993. The number of carbonyl (C=O) groups is 1. The number of nitrogen functional groups attached to an aromatic ring is 1. The topological polar surface area (TPSA) is 80.3 Å². The van der Waals surface area contributed by atoms with Crippen LogP contribution in [0.25, 0.3) is 22.3 Å². The van der Waals surface area contributed by atoms with Crippen molar-refractivity contribution in [1.82, 2.24) is 19.4 Å². The molecule has 0 radical (unpaired) electrons. The lowest BCUT2D eigenvalue weighted by Gasteiger charge is -2.34. The highest BCUT2D eigenvalue weighted by molar-refractivity contribution is 6.00. The minimum atomic E-state index is -0.00349. The summed E-state index contributed by atoms with van der Waals surface area (Å²) in [6.45, 7) is 4.14. The molecule has 0 unspecified atom stereocenters. The quantitative estimate of drug-likeness (QED) is 0.379. The zero-order valence-electron chi connectivity index (χ0n) is 19.0. The average Bonchev–Trinajstić information content (AvgIpc) is 3.26. The van der Waals surface area contributed by atoms with Crippen molar-refractivity contribution in [2.75, 3.05) is 43.9 Å². The molecule has 168 valence electrons. The number of imidazole rings is 1. The molecule has 0 spiro atoms. The van der Waals surface area contributed by atoms with Crippen LogP contribution in [0.3, 0.4) is 0 Å². The number of hydrogen-bond acceptors (Lipinski definition) is 6. The third kappa shape index (κ3) is 4.32. The van der Waals surface area contributed by atoms with Crippen LogP contribution in [0.5, 0.6) is 0 Å². The van der Waals surface area contributed by atoms with Gasteiger partial charge < -0.3 is 20.1 Å². The van der Waals surface area contributed by atoms with E-state index in [9.17, 15) is 4.79 Å². The second kappa shape index (κ2) is 8.67. The minimum absolute atomic E-state index is 0.00349. The molecule has 5 rings (SSSR count). The standard InChI is InChI=1S/C26H28N6O/c1-30-9-11-32(12-10-30)22-5-3-18-13-21(17-29-24(18)16-22)25(33)15-20-14-19(4-6-23(20)27)26-28-7-8-31(26)2/h3-8,13-14,16-17H,9-12,15,27H2,1-2H3. The second-order valence-corrected chi connectivity index (χ2v) is 8.77. The number of benzene rings is 2. The van der Waals surface area contributed by atoms with E-state index in [-0.39, 0.29) is 12.2 Å². The maximum Gasteiger partial charge on any atom is 0.168 e. The van der Waals surface area contributed by atoms with Gasteiger partial charge in [-0.15, -0.1) is 0 Å². The first kappa shape index (κ1) is 21.2. The van der Waals surface area contributed by atoms with Crippen LogP contribution in [0.4, 0.5) is 11.4 Å². The smallest absolute Gasteiger partial charge is 0.168 e. The number of nitrogens with zero attached hydrogens (tertiary/aromatic N) is 5. The molecule has 1 aliphatic heterocycles. The number of anilines is 2. The number of aromatic nitrogens is 3. The number of ketones is 1. The Kier molecular flexibility index (Phi) is 5.56. The van der Waals surface area contributed by atoms with Crippen LogP contribution < -0.4 is 10.6 Å². The maximum atomic E-state index is 13.1. The van der Waals surface area contributed by atoms with E-state index < -0.39 is 0 Å². The van der Waals surface area contributed by atoms with Crippen LogP contribution >= 0.6 is 0 Å². The molecule has 3 heterocycles. The summed E-state index contributed by atoms with van der Waals surface area (Å²) in [5, 5.41) is 0.966. The number of carbonyl (C=O) groups excluding carboxylic acids is 1. The van der Waals surface area contributed by atoms with Crippen molar-refractivity contribution >= 4 is 28.1 Å². The van der Waals surface area contributed by atoms with Crippen LogP contribution in [0.1, 0.15) is 15.9 Å². The van der Waals surface area contributed by atoms with E-state index in [0.717, 1.165) is 54.0 Å². The first-order valence-electron chi connectivity index (χ1n) is 11.2. The van der Waals surface area contributed by atoms with E-state index in [1.807, 2.05) is 42.1 Å². The van der Waals surface area contributed by atoms with E-state index in [2.05, 4.69) is 45.0 Å². The number of hydrogen-bond donors (Lipinski definition) is 1. The lowest BCUT2D eigenvalue weighted by Crippen LogP contribution is -2.44. The highest BCUT2D eigenvalue weighted by Crippen LogP contribution is 2.25. The fraction of sp³-hybridized carbons (Fsp3) is 0.269. The summed E-state index contributed by atoms with van der Waals surface area (Å²) in [5.41, 5.74) is 11.2. The summed E-state index contributed by atoms with van der Waals surface area (Å²) in [4.78, 5) is 26.8. The van der Waals surface area contributed by atoms with Gasteiger partial charge in [0.25, 0.3) is 0 Å². The number of aryl methyl sites for hydroxylation is 1. The minimum Gasteiger partial charge on any atom is -0.398 e. The van der Waals surface area contributed by atoms with Gasteiger partial charge in [-0.05, 0) is 49.0 Å². The van der Waals surface area contributed by atoms with Crippen LogP contribution in [-0.2, 0) is 13.5 Å². The summed E-state index contributed by atoms with van der Waals surface area (Å²) < 4.78 is 1.95. The number of Topliss-reactive ketones (excluding diaryl/α,β-unsaturated/α-hetero) is 1. The Morgan fingerprint density at radius 3 is 2.58 bits per heavy atom. The van der Waals surface area contributed by atoms with Gasteiger partial charge in [0.1, 0.15) is 5.82 Å². The molecule has 1 aliphatic rings.